The summed E-state index contributed by atoms with van der Waals surface area (Å²) in [5, 5.41) is 2.96. The number of morpholine rings is 1. The molecule has 7 nitrogen and oxygen atoms in total. The van der Waals surface area contributed by atoms with E-state index in [1.54, 1.807) is 0 Å². The van der Waals surface area contributed by atoms with Crippen molar-refractivity contribution in [3.8, 4) is 0 Å². The number of ether oxygens (including phenoxy) is 1. The molecule has 0 unspecified atom stereocenters. The van der Waals surface area contributed by atoms with Crippen molar-refractivity contribution in [2.75, 3.05) is 37.7 Å². The van der Waals surface area contributed by atoms with Gasteiger partial charge in [-0.3, -0.25) is 14.6 Å². The van der Waals surface area contributed by atoms with Gasteiger partial charge < -0.3 is 15.0 Å². The number of carbonyl (C=O) groups excluding carboxylic acids is 1. The normalized spacial score (nSPS) is 15.3. The number of anilines is 1. The summed E-state index contributed by atoms with van der Waals surface area (Å²) in [6.07, 6.45) is 0.646. The van der Waals surface area contributed by atoms with Gasteiger partial charge in [0.25, 0.3) is 5.56 Å². The van der Waals surface area contributed by atoms with Crippen molar-refractivity contribution in [3.05, 3.63) is 57.5 Å². The standard InChI is InChI=1S/C21H28N4O3/c1-15(17-6-4-3-5-7-17)14-22-19(26)9-8-18-16(2)23-21(24-20(18)27)25-10-12-28-13-11-25/h3-7,15H,8-14H2,1-2H3,(H,22,26)(H,23,24,27)/t15-/m1/s1. The highest BCUT2D eigenvalue weighted by Crippen LogP contribution is 2.14. The first-order valence-corrected chi connectivity index (χ1v) is 9.78. The molecule has 1 atom stereocenters. The van der Waals surface area contributed by atoms with Crippen LogP contribution < -0.4 is 15.8 Å². The van der Waals surface area contributed by atoms with Crippen molar-refractivity contribution < 1.29 is 9.53 Å². The van der Waals surface area contributed by atoms with Crippen LogP contribution in [0.1, 0.15) is 36.1 Å². The van der Waals surface area contributed by atoms with Crippen LogP contribution in [0.15, 0.2) is 35.1 Å². The molecule has 3 rings (SSSR count). The first kappa shape index (κ1) is 20.1. The Kier molecular flexibility index (Phi) is 6.81. The number of nitrogens with zero attached hydrogens (tertiary/aromatic N) is 2. The van der Waals surface area contributed by atoms with E-state index in [0.717, 1.165) is 0 Å². The van der Waals surface area contributed by atoms with E-state index in [1.807, 2.05) is 30.0 Å². The Bertz CT molecular complexity index is 844. The smallest absolute Gasteiger partial charge is 0.255 e. The van der Waals surface area contributed by atoms with Gasteiger partial charge in [-0.05, 0) is 24.8 Å². The lowest BCUT2D eigenvalue weighted by molar-refractivity contribution is -0.121. The maximum absolute atomic E-state index is 12.5. The first-order valence-electron chi connectivity index (χ1n) is 9.78. The molecule has 1 aliphatic heterocycles. The van der Waals surface area contributed by atoms with Crippen molar-refractivity contribution in [2.45, 2.75) is 32.6 Å². The van der Waals surface area contributed by atoms with Crippen molar-refractivity contribution >= 4 is 11.9 Å². The lowest BCUT2D eigenvalue weighted by atomic mass is 10.0. The van der Waals surface area contributed by atoms with Gasteiger partial charge in [0, 0.05) is 37.3 Å². The second-order valence-corrected chi connectivity index (χ2v) is 7.17. The van der Waals surface area contributed by atoms with Crippen LogP contribution in [0.5, 0.6) is 0 Å². The zero-order valence-electron chi connectivity index (χ0n) is 16.5. The third-order valence-electron chi connectivity index (χ3n) is 5.10. The van der Waals surface area contributed by atoms with Crippen molar-refractivity contribution in [1.82, 2.24) is 15.3 Å². The molecule has 0 saturated carbocycles. The third kappa shape index (κ3) is 5.19. The van der Waals surface area contributed by atoms with E-state index >= 15 is 0 Å². The zero-order valence-corrected chi connectivity index (χ0v) is 16.5. The van der Waals surface area contributed by atoms with Gasteiger partial charge >= 0.3 is 0 Å². The maximum Gasteiger partial charge on any atom is 0.255 e. The molecule has 2 heterocycles. The summed E-state index contributed by atoms with van der Waals surface area (Å²) in [7, 11) is 0. The molecule has 0 radical (unpaired) electrons. The van der Waals surface area contributed by atoms with Gasteiger partial charge in [-0.15, -0.1) is 0 Å². The average Bonchev–Trinajstić information content (AvgIpc) is 2.72. The fourth-order valence-electron chi connectivity index (χ4n) is 3.31. The molecule has 1 aromatic heterocycles. The maximum atomic E-state index is 12.5. The minimum atomic E-state index is -0.167. The van der Waals surface area contributed by atoms with E-state index in [1.165, 1.54) is 5.56 Å². The van der Waals surface area contributed by atoms with Crippen LogP contribution in [0.2, 0.25) is 0 Å². The Labute approximate surface area is 165 Å². The van der Waals surface area contributed by atoms with Crippen LogP contribution in [0.4, 0.5) is 5.95 Å². The van der Waals surface area contributed by atoms with Crippen molar-refractivity contribution in [1.29, 1.82) is 0 Å². The van der Waals surface area contributed by atoms with Crippen molar-refractivity contribution in [2.24, 2.45) is 0 Å². The van der Waals surface area contributed by atoms with Gasteiger partial charge in [0.15, 0.2) is 0 Å². The van der Waals surface area contributed by atoms with Crippen LogP contribution in [-0.4, -0.2) is 48.7 Å². The van der Waals surface area contributed by atoms with E-state index < -0.39 is 0 Å². The van der Waals surface area contributed by atoms with Gasteiger partial charge in [0.1, 0.15) is 0 Å². The van der Waals surface area contributed by atoms with E-state index in [2.05, 4.69) is 34.3 Å². The Hall–Kier alpha value is -2.67. The number of amides is 1. The summed E-state index contributed by atoms with van der Waals surface area (Å²) in [6.45, 7) is 7.17. The van der Waals surface area contributed by atoms with Gasteiger partial charge in [0.2, 0.25) is 11.9 Å². The summed E-state index contributed by atoms with van der Waals surface area (Å²) in [4.78, 5) is 34.1. The number of aryl methyl sites for hydroxylation is 1. The predicted octanol–water partition coefficient (Wildman–Crippen LogP) is 1.77. The van der Waals surface area contributed by atoms with E-state index in [-0.39, 0.29) is 23.8 Å². The Balaban J connectivity index is 1.53. The summed E-state index contributed by atoms with van der Waals surface area (Å²) >= 11 is 0. The highest BCUT2D eigenvalue weighted by Gasteiger charge is 2.17. The lowest BCUT2D eigenvalue weighted by Gasteiger charge is -2.27. The van der Waals surface area contributed by atoms with E-state index in [0.29, 0.717) is 56.5 Å². The molecule has 1 aromatic carbocycles. The molecule has 1 fully saturated rings. The number of rotatable bonds is 7. The van der Waals surface area contributed by atoms with Crippen LogP contribution in [-0.2, 0) is 16.0 Å². The van der Waals surface area contributed by atoms with Crippen LogP contribution in [0.25, 0.3) is 0 Å². The molecule has 1 aliphatic rings. The number of nitrogens with one attached hydrogen (secondary N) is 2. The summed E-state index contributed by atoms with van der Waals surface area (Å²) in [5.41, 5.74) is 2.27. The number of carbonyl (C=O) groups is 1. The second-order valence-electron chi connectivity index (χ2n) is 7.17. The lowest BCUT2D eigenvalue weighted by Crippen LogP contribution is -2.38. The fraction of sp³-hybridized carbons (Fsp3) is 0.476. The summed E-state index contributed by atoms with van der Waals surface area (Å²) in [5.74, 6) is 0.763. The van der Waals surface area contributed by atoms with E-state index in [9.17, 15) is 9.59 Å². The molecule has 0 aliphatic carbocycles. The molecule has 7 heteroatoms. The zero-order chi connectivity index (χ0) is 19.9. The largest absolute Gasteiger partial charge is 0.378 e. The molecular weight excluding hydrogens is 356 g/mol. The highest BCUT2D eigenvalue weighted by molar-refractivity contribution is 5.76. The van der Waals surface area contributed by atoms with Gasteiger partial charge in [0.05, 0.1) is 13.2 Å². The SMILES string of the molecule is Cc1nc(N2CCOCC2)[nH]c(=O)c1CCC(=O)NC[C@@H](C)c1ccccc1. The van der Waals surface area contributed by atoms with Crippen LogP contribution >= 0.6 is 0 Å². The number of aromatic nitrogens is 2. The molecule has 28 heavy (non-hydrogen) atoms. The van der Waals surface area contributed by atoms with Crippen molar-refractivity contribution in [3.63, 3.8) is 0 Å². The molecule has 2 aromatic rings. The minimum Gasteiger partial charge on any atom is -0.378 e. The highest BCUT2D eigenvalue weighted by atomic mass is 16.5. The molecular formula is C21H28N4O3. The Morgan fingerprint density at radius 2 is 2.00 bits per heavy atom. The number of H-pyrrole nitrogens is 1. The molecule has 1 amide bonds. The van der Waals surface area contributed by atoms with Crippen LogP contribution in [0, 0.1) is 6.92 Å². The van der Waals surface area contributed by atoms with Gasteiger partial charge in [-0.2, -0.15) is 0 Å². The summed E-state index contributed by atoms with van der Waals surface area (Å²) < 4.78 is 5.33. The second kappa shape index (κ2) is 9.50. The number of benzene rings is 1. The molecule has 0 bridgehead atoms. The average molecular weight is 384 g/mol. The number of hydrogen-bond donors (Lipinski definition) is 2. The third-order valence-corrected chi connectivity index (χ3v) is 5.10. The first-order chi connectivity index (χ1) is 13.5. The number of aromatic amines is 1. The Morgan fingerprint density at radius 1 is 1.29 bits per heavy atom. The topological polar surface area (TPSA) is 87.3 Å². The predicted molar refractivity (Wildman–Crippen MR) is 109 cm³/mol. The Morgan fingerprint density at radius 3 is 2.68 bits per heavy atom. The number of hydrogen-bond acceptors (Lipinski definition) is 5. The monoisotopic (exact) mass is 384 g/mol. The van der Waals surface area contributed by atoms with Crippen LogP contribution in [0.3, 0.4) is 0 Å². The molecule has 150 valence electrons. The minimum absolute atomic E-state index is 0.0566. The fourth-order valence-corrected chi connectivity index (χ4v) is 3.31. The summed E-state index contributed by atoms with van der Waals surface area (Å²) in [6, 6.07) is 10.1. The van der Waals surface area contributed by atoms with E-state index in [4.69, 9.17) is 4.74 Å². The van der Waals surface area contributed by atoms with Gasteiger partial charge in [-0.1, -0.05) is 37.3 Å². The molecule has 1 saturated heterocycles. The quantitative estimate of drug-likeness (QED) is 0.760. The molecule has 2 N–H and O–H groups in total. The molecule has 0 spiro atoms. The van der Waals surface area contributed by atoms with Gasteiger partial charge in [-0.25, -0.2) is 4.98 Å².